The second-order valence-electron chi connectivity index (χ2n) is 5.50. The van der Waals surface area contributed by atoms with Gasteiger partial charge >= 0.3 is 6.03 Å². The third-order valence-electron chi connectivity index (χ3n) is 3.86. The number of carbonyl (C=O) groups is 1. The molecule has 0 saturated carbocycles. The Hall–Kier alpha value is -1.88. The second-order valence-corrected chi connectivity index (χ2v) is 6.36. The molecular formula is C16H19N3OS. The lowest BCUT2D eigenvalue weighted by atomic mass is 10.00. The molecular weight excluding hydrogens is 282 g/mol. The number of hydrogen-bond donors (Lipinski definition) is 1. The Bertz CT molecular complexity index is 603. The molecule has 4 nitrogen and oxygen atoms in total. The summed E-state index contributed by atoms with van der Waals surface area (Å²) in [4.78, 5) is 18.6. The number of aromatic nitrogens is 1. The molecule has 0 atom stereocenters. The van der Waals surface area contributed by atoms with E-state index in [1.807, 2.05) is 40.6 Å². The van der Waals surface area contributed by atoms with Crippen molar-refractivity contribution in [2.75, 3.05) is 18.4 Å². The number of amides is 2. The highest BCUT2D eigenvalue weighted by molar-refractivity contribution is 7.14. The zero-order chi connectivity index (χ0) is 14.7. The van der Waals surface area contributed by atoms with Gasteiger partial charge in [0.25, 0.3) is 0 Å². The number of likely N-dealkylation sites (tertiary alicyclic amines) is 1. The van der Waals surface area contributed by atoms with Crippen LogP contribution in [0.2, 0.25) is 0 Å². The molecule has 1 aliphatic heterocycles. The smallest absolute Gasteiger partial charge is 0.323 e. The average molecular weight is 301 g/mol. The van der Waals surface area contributed by atoms with Crippen molar-refractivity contribution < 1.29 is 4.79 Å². The molecule has 2 heterocycles. The SMILES string of the molecule is CC1CCN(C(=O)Nc2nc(-c3ccccc3)cs2)CC1. The molecule has 0 aliphatic carbocycles. The minimum absolute atomic E-state index is 0.0316. The standard InChI is InChI=1S/C16H19N3OS/c1-12-7-9-19(10-8-12)16(20)18-15-17-14(11-21-15)13-5-3-2-4-6-13/h2-6,11-12H,7-10H2,1H3,(H,17,18,20). The van der Waals surface area contributed by atoms with Gasteiger partial charge in [-0.25, -0.2) is 9.78 Å². The molecule has 2 amide bonds. The van der Waals surface area contributed by atoms with E-state index in [-0.39, 0.29) is 6.03 Å². The van der Waals surface area contributed by atoms with Gasteiger partial charge < -0.3 is 4.90 Å². The van der Waals surface area contributed by atoms with E-state index in [1.54, 1.807) is 0 Å². The molecule has 5 heteroatoms. The van der Waals surface area contributed by atoms with Crippen LogP contribution in [0.3, 0.4) is 0 Å². The van der Waals surface area contributed by atoms with Gasteiger partial charge in [-0.1, -0.05) is 37.3 Å². The highest BCUT2D eigenvalue weighted by atomic mass is 32.1. The molecule has 1 aromatic heterocycles. The Balaban J connectivity index is 1.63. The number of benzene rings is 1. The van der Waals surface area contributed by atoms with Gasteiger partial charge in [-0.3, -0.25) is 5.32 Å². The van der Waals surface area contributed by atoms with E-state index < -0.39 is 0 Å². The van der Waals surface area contributed by atoms with Crippen molar-refractivity contribution >= 4 is 22.5 Å². The van der Waals surface area contributed by atoms with Crippen molar-refractivity contribution in [3.05, 3.63) is 35.7 Å². The number of thiazole rings is 1. The Morgan fingerprint density at radius 2 is 2.00 bits per heavy atom. The minimum Gasteiger partial charge on any atom is -0.324 e. The number of piperidine rings is 1. The molecule has 0 unspecified atom stereocenters. The van der Waals surface area contributed by atoms with Crippen molar-refractivity contribution in [1.29, 1.82) is 0 Å². The highest BCUT2D eigenvalue weighted by Crippen LogP contribution is 2.25. The topological polar surface area (TPSA) is 45.2 Å². The molecule has 1 aliphatic rings. The predicted octanol–water partition coefficient (Wildman–Crippen LogP) is 4.07. The quantitative estimate of drug-likeness (QED) is 0.908. The van der Waals surface area contributed by atoms with Crippen LogP contribution in [0.4, 0.5) is 9.93 Å². The molecule has 1 N–H and O–H groups in total. The highest BCUT2D eigenvalue weighted by Gasteiger charge is 2.20. The van der Waals surface area contributed by atoms with Gasteiger partial charge in [-0.15, -0.1) is 11.3 Å². The molecule has 1 saturated heterocycles. The fourth-order valence-corrected chi connectivity index (χ4v) is 3.16. The monoisotopic (exact) mass is 301 g/mol. The maximum Gasteiger partial charge on any atom is 0.323 e. The molecule has 0 bridgehead atoms. The number of rotatable bonds is 2. The fraction of sp³-hybridized carbons (Fsp3) is 0.375. The first-order valence-corrected chi connectivity index (χ1v) is 8.17. The lowest BCUT2D eigenvalue weighted by molar-refractivity contribution is 0.186. The van der Waals surface area contributed by atoms with Crippen LogP contribution in [0, 0.1) is 5.92 Å². The van der Waals surface area contributed by atoms with Crippen LogP contribution < -0.4 is 5.32 Å². The largest absolute Gasteiger partial charge is 0.324 e. The van der Waals surface area contributed by atoms with Crippen LogP contribution in [-0.2, 0) is 0 Å². The van der Waals surface area contributed by atoms with E-state index in [0.717, 1.165) is 43.1 Å². The molecule has 0 radical (unpaired) electrons. The maximum absolute atomic E-state index is 12.2. The Labute approximate surface area is 128 Å². The first kappa shape index (κ1) is 14.1. The molecule has 0 spiro atoms. The van der Waals surface area contributed by atoms with Gasteiger partial charge in [-0.2, -0.15) is 0 Å². The van der Waals surface area contributed by atoms with E-state index in [1.165, 1.54) is 11.3 Å². The van der Waals surface area contributed by atoms with Crippen LogP contribution in [0.25, 0.3) is 11.3 Å². The Morgan fingerprint density at radius 3 is 2.71 bits per heavy atom. The molecule has 1 aromatic carbocycles. The van der Waals surface area contributed by atoms with Crippen LogP contribution in [0.15, 0.2) is 35.7 Å². The van der Waals surface area contributed by atoms with Crippen molar-refractivity contribution in [3.8, 4) is 11.3 Å². The van der Waals surface area contributed by atoms with Crippen LogP contribution in [-0.4, -0.2) is 29.0 Å². The number of nitrogens with zero attached hydrogens (tertiary/aromatic N) is 2. The number of urea groups is 1. The van der Waals surface area contributed by atoms with Gasteiger partial charge in [-0.05, 0) is 18.8 Å². The molecule has 2 aromatic rings. The summed E-state index contributed by atoms with van der Waals surface area (Å²) in [5.74, 6) is 0.721. The van der Waals surface area contributed by atoms with Crippen LogP contribution >= 0.6 is 11.3 Å². The normalized spacial score (nSPS) is 16.0. The zero-order valence-corrected chi connectivity index (χ0v) is 12.9. The van der Waals surface area contributed by atoms with E-state index >= 15 is 0 Å². The lowest BCUT2D eigenvalue weighted by Gasteiger charge is -2.29. The summed E-state index contributed by atoms with van der Waals surface area (Å²) >= 11 is 1.47. The number of carbonyl (C=O) groups excluding carboxylic acids is 1. The number of anilines is 1. The van der Waals surface area contributed by atoms with Crippen LogP contribution in [0.1, 0.15) is 19.8 Å². The molecule has 110 valence electrons. The summed E-state index contributed by atoms with van der Waals surface area (Å²) in [6.45, 7) is 3.91. The molecule has 21 heavy (non-hydrogen) atoms. The van der Waals surface area contributed by atoms with Crippen molar-refractivity contribution in [1.82, 2.24) is 9.88 Å². The average Bonchev–Trinajstić information content (AvgIpc) is 2.97. The summed E-state index contributed by atoms with van der Waals surface area (Å²) in [5.41, 5.74) is 1.98. The van der Waals surface area contributed by atoms with Crippen molar-refractivity contribution in [3.63, 3.8) is 0 Å². The summed E-state index contributed by atoms with van der Waals surface area (Å²) in [6, 6.07) is 9.97. The summed E-state index contributed by atoms with van der Waals surface area (Å²) in [7, 11) is 0. The molecule has 3 rings (SSSR count). The predicted molar refractivity (Wildman–Crippen MR) is 86.5 cm³/mol. The summed E-state index contributed by atoms with van der Waals surface area (Å²) in [6.07, 6.45) is 2.17. The minimum atomic E-state index is -0.0316. The van der Waals surface area contributed by atoms with Crippen molar-refractivity contribution in [2.45, 2.75) is 19.8 Å². The summed E-state index contributed by atoms with van der Waals surface area (Å²) in [5, 5.41) is 5.55. The first-order chi connectivity index (χ1) is 10.2. The summed E-state index contributed by atoms with van der Waals surface area (Å²) < 4.78 is 0. The van der Waals surface area contributed by atoms with Gasteiger partial charge in [0.2, 0.25) is 0 Å². The van der Waals surface area contributed by atoms with E-state index in [0.29, 0.717) is 5.13 Å². The van der Waals surface area contributed by atoms with E-state index in [2.05, 4.69) is 17.2 Å². The van der Waals surface area contributed by atoms with Gasteiger partial charge in [0, 0.05) is 24.0 Å². The third kappa shape index (κ3) is 3.42. The van der Waals surface area contributed by atoms with E-state index in [4.69, 9.17) is 0 Å². The zero-order valence-electron chi connectivity index (χ0n) is 12.1. The van der Waals surface area contributed by atoms with E-state index in [9.17, 15) is 4.79 Å². The lowest BCUT2D eigenvalue weighted by Crippen LogP contribution is -2.40. The third-order valence-corrected chi connectivity index (χ3v) is 4.62. The maximum atomic E-state index is 12.2. The number of hydrogen-bond acceptors (Lipinski definition) is 3. The second kappa shape index (κ2) is 6.26. The van der Waals surface area contributed by atoms with Gasteiger partial charge in [0.05, 0.1) is 5.69 Å². The van der Waals surface area contributed by atoms with Gasteiger partial charge in [0.15, 0.2) is 5.13 Å². The van der Waals surface area contributed by atoms with Crippen LogP contribution in [0.5, 0.6) is 0 Å². The fourth-order valence-electron chi connectivity index (χ4n) is 2.45. The number of nitrogens with one attached hydrogen (secondary N) is 1. The molecule has 1 fully saturated rings. The van der Waals surface area contributed by atoms with Gasteiger partial charge in [0.1, 0.15) is 0 Å². The van der Waals surface area contributed by atoms with Crippen molar-refractivity contribution in [2.24, 2.45) is 5.92 Å². The Morgan fingerprint density at radius 1 is 1.29 bits per heavy atom. The first-order valence-electron chi connectivity index (χ1n) is 7.29. The Kier molecular flexibility index (Phi) is 4.20.